The van der Waals surface area contributed by atoms with Crippen LogP contribution in [0.15, 0.2) is 60.7 Å². The SMILES string of the molecule is CC(C)(C)OC[C@H](C(=O)O)N1CCNCCN(Cc2ccccc2)CCN(Cc2ccccc2)CC1. The minimum atomic E-state index is -0.824. The van der Waals surface area contributed by atoms with Crippen molar-refractivity contribution in [3.8, 4) is 0 Å². The van der Waals surface area contributed by atoms with Gasteiger partial charge in [-0.2, -0.15) is 0 Å². The summed E-state index contributed by atoms with van der Waals surface area (Å²) < 4.78 is 5.91. The molecular weight excluding hydrogens is 452 g/mol. The van der Waals surface area contributed by atoms with Gasteiger partial charge in [-0.25, -0.2) is 0 Å². The van der Waals surface area contributed by atoms with Crippen LogP contribution in [0.1, 0.15) is 31.9 Å². The summed E-state index contributed by atoms with van der Waals surface area (Å²) in [5.74, 6) is -0.824. The van der Waals surface area contributed by atoms with Crippen LogP contribution in [0.3, 0.4) is 0 Å². The summed E-state index contributed by atoms with van der Waals surface area (Å²) in [5, 5.41) is 13.6. The van der Waals surface area contributed by atoms with Gasteiger partial charge in [-0.05, 0) is 31.9 Å². The molecule has 2 N–H and O–H groups in total. The number of rotatable bonds is 8. The lowest BCUT2D eigenvalue weighted by Gasteiger charge is -2.35. The van der Waals surface area contributed by atoms with Crippen LogP contribution in [0.2, 0.25) is 0 Å². The molecule has 1 saturated heterocycles. The molecule has 3 rings (SSSR count). The number of hydrogen-bond acceptors (Lipinski definition) is 6. The largest absolute Gasteiger partial charge is 0.480 e. The van der Waals surface area contributed by atoms with Gasteiger partial charge in [0, 0.05) is 65.4 Å². The average Bonchev–Trinajstić information content (AvgIpc) is 2.84. The Morgan fingerprint density at radius 3 is 1.86 bits per heavy atom. The van der Waals surface area contributed by atoms with Crippen molar-refractivity contribution in [2.45, 2.75) is 45.5 Å². The summed E-state index contributed by atoms with van der Waals surface area (Å²) in [6.07, 6.45) is 0. The predicted octanol–water partition coefficient (Wildman–Crippen LogP) is 3.16. The number of carboxylic acid groups (broad SMARTS) is 1. The number of nitrogens with zero attached hydrogens (tertiary/aromatic N) is 3. The van der Waals surface area contributed by atoms with Crippen LogP contribution >= 0.6 is 0 Å². The molecule has 1 heterocycles. The third-order valence-electron chi connectivity index (χ3n) is 6.51. The van der Waals surface area contributed by atoms with Crippen molar-refractivity contribution < 1.29 is 14.6 Å². The molecule has 1 aliphatic heterocycles. The fourth-order valence-electron chi connectivity index (χ4n) is 4.45. The van der Waals surface area contributed by atoms with E-state index < -0.39 is 12.0 Å². The van der Waals surface area contributed by atoms with Crippen molar-refractivity contribution in [2.75, 3.05) is 59.0 Å². The molecule has 0 saturated carbocycles. The highest BCUT2D eigenvalue weighted by Crippen LogP contribution is 2.12. The second-order valence-electron chi connectivity index (χ2n) is 10.6. The Kier molecular flexibility index (Phi) is 11.4. The second kappa shape index (κ2) is 14.4. The number of hydrogen-bond donors (Lipinski definition) is 2. The summed E-state index contributed by atoms with van der Waals surface area (Å²) in [7, 11) is 0. The van der Waals surface area contributed by atoms with Gasteiger partial charge in [0.25, 0.3) is 0 Å². The molecule has 198 valence electrons. The van der Waals surface area contributed by atoms with Gasteiger partial charge in [0.1, 0.15) is 6.04 Å². The van der Waals surface area contributed by atoms with E-state index in [0.29, 0.717) is 13.1 Å². The maximum Gasteiger partial charge on any atom is 0.323 e. The Morgan fingerprint density at radius 1 is 0.833 bits per heavy atom. The van der Waals surface area contributed by atoms with Gasteiger partial charge in [-0.15, -0.1) is 0 Å². The molecule has 0 aromatic heterocycles. The van der Waals surface area contributed by atoms with Gasteiger partial charge in [-0.3, -0.25) is 19.5 Å². The van der Waals surface area contributed by atoms with E-state index in [2.05, 4.69) is 74.6 Å². The minimum Gasteiger partial charge on any atom is -0.480 e. The van der Waals surface area contributed by atoms with Crippen molar-refractivity contribution in [1.82, 2.24) is 20.0 Å². The zero-order valence-corrected chi connectivity index (χ0v) is 22.2. The first-order valence-electron chi connectivity index (χ1n) is 13.1. The maximum atomic E-state index is 12.2. The number of nitrogens with one attached hydrogen (secondary N) is 1. The van der Waals surface area contributed by atoms with E-state index in [1.54, 1.807) is 0 Å². The molecule has 0 radical (unpaired) electrons. The molecule has 1 fully saturated rings. The van der Waals surface area contributed by atoms with Gasteiger partial charge >= 0.3 is 5.97 Å². The normalized spacial score (nSPS) is 18.8. The second-order valence-corrected chi connectivity index (χ2v) is 10.6. The molecule has 0 unspecified atom stereocenters. The van der Waals surface area contributed by atoms with E-state index >= 15 is 0 Å². The Morgan fingerprint density at radius 2 is 1.33 bits per heavy atom. The maximum absolute atomic E-state index is 12.2. The van der Waals surface area contributed by atoms with Crippen LogP contribution in [0.5, 0.6) is 0 Å². The molecule has 0 amide bonds. The fraction of sp³-hybridized carbons (Fsp3) is 0.552. The standard InChI is InChI=1S/C29H44N4O3/c1-29(2,3)36-24-27(28(34)35)33-17-15-30-14-16-31(22-25-10-6-4-7-11-25)18-19-32(20-21-33)23-26-12-8-5-9-13-26/h4-13,27,30H,14-24H2,1-3H3,(H,34,35)/t27-/m1/s1. The van der Waals surface area contributed by atoms with Crippen LogP contribution in [0, 0.1) is 0 Å². The molecule has 7 nitrogen and oxygen atoms in total. The topological polar surface area (TPSA) is 68.3 Å². The number of carbonyl (C=O) groups is 1. The lowest BCUT2D eigenvalue weighted by atomic mass is 10.1. The highest BCUT2D eigenvalue weighted by molar-refractivity contribution is 5.73. The number of carboxylic acids is 1. The summed E-state index contributed by atoms with van der Waals surface area (Å²) in [4.78, 5) is 19.3. The molecule has 36 heavy (non-hydrogen) atoms. The molecule has 2 aromatic carbocycles. The lowest BCUT2D eigenvalue weighted by molar-refractivity contribution is -0.148. The van der Waals surface area contributed by atoms with E-state index in [4.69, 9.17) is 4.74 Å². The van der Waals surface area contributed by atoms with Gasteiger partial charge in [0.15, 0.2) is 0 Å². The smallest absolute Gasteiger partial charge is 0.323 e. The predicted molar refractivity (Wildman–Crippen MR) is 145 cm³/mol. The summed E-state index contributed by atoms with van der Waals surface area (Å²) >= 11 is 0. The van der Waals surface area contributed by atoms with Crippen LogP contribution in [-0.4, -0.2) is 96.4 Å². The molecule has 0 bridgehead atoms. The molecule has 7 heteroatoms. The zero-order chi connectivity index (χ0) is 25.8. The van der Waals surface area contributed by atoms with Crippen LogP contribution < -0.4 is 5.32 Å². The summed E-state index contributed by atoms with van der Waals surface area (Å²) in [6, 6.07) is 20.5. The van der Waals surface area contributed by atoms with E-state index in [-0.39, 0.29) is 12.2 Å². The average molecular weight is 497 g/mol. The first kappa shape index (κ1) is 28.3. The van der Waals surface area contributed by atoms with E-state index in [9.17, 15) is 9.90 Å². The Labute approximate surface area is 217 Å². The molecular formula is C29H44N4O3. The van der Waals surface area contributed by atoms with Gasteiger partial charge < -0.3 is 15.2 Å². The first-order chi connectivity index (χ1) is 17.3. The summed E-state index contributed by atoms with van der Waals surface area (Å²) in [6.45, 7) is 14.4. The first-order valence-corrected chi connectivity index (χ1v) is 13.1. The molecule has 1 aliphatic rings. The lowest BCUT2D eigenvalue weighted by Crippen LogP contribution is -2.51. The van der Waals surface area contributed by atoms with Crippen LogP contribution in [0.25, 0.3) is 0 Å². The number of benzene rings is 2. The fourth-order valence-corrected chi connectivity index (χ4v) is 4.45. The van der Waals surface area contributed by atoms with Crippen molar-refractivity contribution >= 4 is 5.97 Å². The quantitative estimate of drug-likeness (QED) is 0.582. The van der Waals surface area contributed by atoms with Crippen LogP contribution in [0.4, 0.5) is 0 Å². The van der Waals surface area contributed by atoms with Crippen molar-refractivity contribution in [1.29, 1.82) is 0 Å². The van der Waals surface area contributed by atoms with Crippen LogP contribution in [-0.2, 0) is 22.6 Å². The third kappa shape index (κ3) is 10.4. The summed E-state index contributed by atoms with van der Waals surface area (Å²) in [5.41, 5.74) is 2.23. The number of ether oxygens (including phenoxy) is 1. The molecule has 1 atom stereocenters. The Bertz CT molecular complexity index is 888. The van der Waals surface area contributed by atoms with Crippen molar-refractivity contribution in [2.24, 2.45) is 0 Å². The monoisotopic (exact) mass is 496 g/mol. The number of aliphatic carboxylic acids is 1. The van der Waals surface area contributed by atoms with E-state index in [1.165, 1.54) is 11.1 Å². The minimum absolute atomic E-state index is 0.183. The Balaban J connectivity index is 1.72. The van der Waals surface area contributed by atoms with E-state index in [1.807, 2.05) is 26.8 Å². The zero-order valence-electron chi connectivity index (χ0n) is 22.2. The van der Waals surface area contributed by atoms with Crippen molar-refractivity contribution in [3.05, 3.63) is 71.8 Å². The van der Waals surface area contributed by atoms with E-state index in [0.717, 1.165) is 52.4 Å². The van der Waals surface area contributed by atoms with Gasteiger partial charge in [0.05, 0.1) is 12.2 Å². The molecule has 0 spiro atoms. The third-order valence-corrected chi connectivity index (χ3v) is 6.51. The molecule has 2 aromatic rings. The van der Waals surface area contributed by atoms with Gasteiger partial charge in [0.2, 0.25) is 0 Å². The Hall–Kier alpha value is -2.29. The molecule has 0 aliphatic carbocycles. The highest BCUT2D eigenvalue weighted by Gasteiger charge is 2.28. The van der Waals surface area contributed by atoms with Crippen molar-refractivity contribution in [3.63, 3.8) is 0 Å². The van der Waals surface area contributed by atoms with Gasteiger partial charge in [-0.1, -0.05) is 60.7 Å². The highest BCUT2D eigenvalue weighted by atomic mass is 16.5.